The first-order valence-electron chi connectivity index (χ1n) is 6.85. The molecule has 1 aliphatic rings. The van der Waals surface area contributed by atoms with Gasteiger partial charge in [0.05, 0.1) is 11.5 Å². The van der Waals surface area contributed by atoms with E-state index < -0.39 is 23.5 Å². The molecule has 0 saturated carbocycles. The molecule has 4 N–H and O–H groups in total. The fraction of sp³-hybridized carbons (Fsp3) is 0.846. The molecule has 6 nitrogen and oxygen atoms in total. The molecule has 1 aliphatic heterocycles. The number of nitrogens with one attached hydrogen (secondary N) is 2. The molecule has 1 fully saturated rings. The molecule has 0 spiro atoms. The summed E-state index contributed by atoms with van der Waals surface area (Å²) in [4.78, 5) is 23.4. The van der Waals surface area contributed by atoms with Crippen LogP contribution in [-0.4, -0.2) is 47.3 Å². The van der Waals surface area contributed by atoms with Crippen molar-refractivity contribution in [3.05, 3.63) is 0 Å². The number of carbonyl (C=O) groups is 2. The average Bonchev–Trinajstić information content (AvgIpc) is 2.36. The summed E-state index contributed by atoms with van der Waals surface area (Å²) < 4.78 is 0. The molecule has 3 atom stereocenters. The van der Waals surface area contributed by atoms with Crippen molar-refractivity contribution in [2.45, 2.75) is 51.7 Å². The van der Waals surface area contributed by atoms with Crippen LogP contribution in [0, 0.1) is 5.41 Å². The van der Waals surface area contributed by atoms with Gasteiger partial charge in [-0.25, -0.2) is 4.79 Å². The molecule has 0 radical (unpaired) electrons. The fourth-order valence-electron chi connectivity index (χ4n) is 2.65. The summed E-state index contributed by atoms with van der Waals surface area (Å²) in [6, 6.07) is -1.25. The normalized spacial score (nSPS) is 26.5. The number of aliphatic carboxylic acids is 1. The third-order valence-corrected chi connectivity index (χ3v) is 3.72. The minimum atomic E-state index is -1.25. The van der Waals surface area contributed by atoms with Gasteiger partial charge in [-0.3, -0.25) is 4.79 Å². The van der Waals surface area contributed by atoms with E-state index in [1.807, 2.05) is 6.92 Å². The van der Waals surface area contributed by atoms with Crippen molar-refractivity contribution >= 4 is 11.9 Å². The van der Waals surface area contributed by atoms with Crippen LogP contribution in [0.4, 0.5) is 0 Å². The third-order valence-electron chi connectivity index (χ3n) is 3.72. The second-order valence-electron chi connectivity index (χ2n) is 5.34. The lowest BCUT2D eigenvalue weighted by atomic mass is 9.76. The maximum Gasteiger partial charge on any atom is 0.328 e. The van der Waals surface area contributed by atoms with Crippen LogP contribution < -0.4 is 10.6 Å². The number of hydrogen-bond acceptors (Lipinski definition) is 4. The largest absolute Gasteiger partial charge is 0.480 e. The Balaban J connectivity index is 2.79. The number of aliphatic hydroxyl groups excluding tert-OH is 1. The van der Waals surface area contributed by atoms with E-state index in [9.17, 15) is 14.7 Å². The summed E-state index contributed by atoms with van der Waals surface area (Å²) in [7, 11) is 0. The van der Waals surface area contributed by atoms with E-state index in [1.165, 1.54) is 6.92 Å². The quantitative estimate of drug-likeness (QED) is 0.550. The highest BCUT2D eigenvalue weighted by Gasteiger charge is 2.40. The summed E-state index contributed by atoms with van der Waals surface area (Å²) in [5, 5.41) is 24.1. The highest BCUT2D eigenvalue weighted by molar-refractivity contribution is 5.88. The van der Waals surface area contributed by atoms with Crippen molar-refractivity contribution in [1.29, 1.82) is 0 Å². The molecule has 1 saturated heterocycles. The highest BCUT2D eigenvalue weighted by atomic mass is 16.4. The maximum absolute atomic E-state index is 12.4. The van der Waals surface area contributed by atoms with Gasteiger partial charge < -0.3 is 20.8 Å². The fourth-order valence-corrected chi connectivity index (χ4v) is 2.65. The van der Waals surface area contributed by atoms with E-state index in [0.29, 0.717) is 6.54 Å². The van der Waals surface area contributed by atoms with Crippen molar-refractivity contribution in [2.75, 3.05) is 13.1 Å². The van der Waals surface area contributed by atoms with Gasteiger partial charge in [0.2, 0.25) is 5.91 Å². The number of hydrogen-bond donors (Lipinski definition) is 4. The van der Waals surface area contributed by atoms with Gasteiger partial charge in [0, 0.05) is 6.54 Å². The van der Waals surface area contributed by atoms with Gasteiger partial charge in [-0.2, -0.15) is 0 Å². The minimum Gasteiger partial charge on any atom is -0.480 e. The zero-order valence-corrected chi connectivity index (χ0v) is 11.6. The Morgan fingerprint density at radius 2 is 2.16 bits per heavy atom. The summed E-state index contributed by atoms with van der Waals surface area (Å²) in [5.41, 5.74) is -0.546. The minimum absolute atomic E-state index is 0.269. The summed E-state index contributed by atoms with van der Waals surface area (Å²) in [6.45, 7) is 4.83. The number of rotatable bonds is 6. The van der Waals surface area contributed by atoms with Gasteiger partial charge in [-0.1, -0.05) is 13.3 Å². The van der Waals surface area contributed by atoms with E-state index in [2.05, 4.69) is 10.6 Å². The molecular weight excluding hydrogens is 248 g/mol. The number of piperidine rings is 1. The van der Waals surface area contributed by atoms with Crippen molar-refractivity contribution < 1.29 is 19.8 Å². The molecule has 0 aromatic heterocycles. The molecule has 1 amide bonds. The molecule has 6 heteroatoms. The van der Waals surface area contributed by atoms with Gasteiger partial charge >= 0.3 is 5.97 Å². The molecular formula is C13H24N2O4. The van der Waals surface area contributed by atoms with Crippen molar-refractivity contribution in [2.24, 2.45) is 5.41 Å². The predicted octanol–water partition coefficient (Wildman–Crippen LogP) is 0.107. The van der Waals surface area contributed by atoms with Crippen LogP contribution in [0.5, 0.6) is 0 Å². The lowest BCUT2D eigenvalue weighted by Gasteiger charge is -2.37. The Labute approximate surface area is 113 Å². The number of carboxylic acid groups (broad SMARTS) is 1. The molecule has 1 rings (SSSR count). The SMILES string of the molecule is CCCC1(C(=O)N[C@H](C(=O)O)[C@@H](C)O)CCCNC1. The summed E-state index contributed by atoms with van der Waals surface area (Å²) in [6.07, 6.45) is 2.13. The smallest absolute Gasteiger partial charge is 0.328 e. The standard InChI is InChI=1S/C13H24N2O4/c1-3-5-13(6-4-7-14-8-13)12(19)15-10(9(2)16)11(17)18/h9-10,14,16H,3-8H2,1-2H3,(H,15,19)(H,17,18)/t9-,10+,13?/m1/s1. The molecule has 1 unspecified atom stereocenters. The lowest BCUT2D eigenvalue weighted by molar-refractivity contribution is -0.147. The first-order chi connectivity index (χ1) is 8.93. The zero-order valence-electron chi connectivity index (χ0n) is 11.6. The van der Waals surface area contributed by atoms with Gasteiger partial charge in [0.25, 0.3) is 0 Å². The predicted molar refractivity (Wildman–Crippen MR) is 70.7 cm³/mol. The first-order valence-corrected chi connectivity index (χ1v) is 6.85. The average molecular weight is 272 g/mol. The van der Waals surface area contributed by atoms with Crippen molar-refractivity contribution in [1.82, 2.24) is 10.6 Å². The molecule has 19 heavy (non-hydrogen) atoms. The van der Waals surface area contributed by atoms with Gasteiger partial charge in [0.15, 0.2) is 6.04 Å². The molecule has 1 heterocycles. The van der Waals surface area contributed by atoms with Gasteiger partial charge in [0.1, 0.15) is 0 Å². The number of carboxylic acids is 1. The first kappa shape index (κ1) is 15.9. The Hall–Kier alpha value is -1.14. The van der Waals surface area contributed by atoms with Crippen LogP contribution in [0.2, 0.25) is 0 Å². The Bertz CT molecular complexity index is 319. The molecule has 110 valence electrons. The zero-order chi connectivity index (χ0) is 14.5. The molecule has 0 aromatic carbocycles. The van der Waals surface area contributed by atoms with E-state index in [4.69, 9.17) is 5.11 Å². The van der Waals surface area contributed by atoms with Crippen LogP contribution >= 0.6 is 0 Å². The van der Waals surface area contributed by atoms with Crippen LogP contribution in [-0.2, 0) is 9.59 Å². The topological polar surface area (TPSA) is 98.7 Å². The van der Waals surface area contributed by atoms with E-state index in [1.54, 1.807) is 0 Å². The lowest BCUT2D eigenvalue weighted by Crippen LogP contribution is -2.56. The maximum atomic E-state index is 12.4. The Morgan fingerprint density at radius 3 is 2.58 bits per heavy atom. The second kappa shape index (κ2) is 6.86. The highest BCUT2D eigenvalue weighted by Crippen LogP contribution is 2.32. The number of aliphatic hydroxyl groups is 1. The van der Waals surface area contributed by atoms with Crippen molar-refractivity contribution in [3.63, 3.8) is 0 Å². The second-order valence-corrected chi connectivity index (χ2v) is 5.34. The van der Waals surface area contributed by atoms with Crippen LogP contribution in [0.3, 0.4) is 0 Å². The van der Waals surface area contributed by atoms with Crippen LogP contribution in [0.15, 0.2) is 0 Å². The van der Waals surface area contributed by atoms with Gasteiger partial charge in [-0.15, -0.1) is 0 Å². The number of carbonyl (C=O) groups excluding carboxylic acids is 1. The van der Waals surface area contributed by atoms with Gasteiger partial charge in [-0.05, 0) is 32.7 Å². The van der Waals surface area contributed by atoms with Crippen LogP contribution in [0.25, 0.3) is 0 Å². The third kappa shape index (κ3) is 3.91. The van der Waals surface area contributed by atoms with E-state index in [0.717, 1.165) is 32.2 Å². The summed E-state index contributed by atoms with van der Waals surface area (Å²) in [5.74, 6) is -1.48. The monoisotopic (exact) mass is 272 g/mol. The summed E-state index contributed by atoms with van der Waals surface area (Å²) >= 11 is 0. The Kier molecular flexibility index (Phi) is 5.75. The number of amides is 1. The van der Waals surface area contributed by atoms with Crippen molar-refractivity contribution in [3.8, 4) is 0 Å². The molecule has 0 aromatic rings. The van der Waals surface area contributed by atoms with E-state index in [-0.39, 0.29) is 5.91 Å². The molecule has 0 bridgehead atoms. The van der Waals surface area contributed by atoms with Crippen LogP contribution in [0.1, 0.15) is 39.5 Å². The molecule has 0 aliphatic carbocycles. The van der Waals surface area contributed by atoms with E-state index >= 15 is 0 Å². The Morgan fingerprint density at radius 1 is 1.47 bits per heavy atom.